The molecule has 22 heavy (non-hydrogen) atoms. The van der Waals surface area contributed by atoms with Crippen LogP contribution in [0.15, 0.2) is 39.7 Å². The zero-order valence-corrected chi connectivity index (χ0v) is 13.2. The lowest BCUT2D eigenvalue weighted by atomic mass is 10.3. The second-order valence-corrected chi connectivity index (χ2v) is 6.85. The van der Waals surface area contributed by atoms with E-state index >= 15 is 0 Å². The van der Waals surface area contributed by atoms with Gasteiger partial charge in [-0.3, -0.25) is 4.72 Å². The van der Waals surface area contributed by atoms with Gasteiger partial charge >= 0.3 is 0 Å². The highest BCUT2D eigenvalue weighted by molar-refractivity contribution is 9.10. The third kappa shape index (κ3) is 2.73. The van der Waals surface area contributed by atoms with Gasteiger partial charge in [0, 0.05) is 16.6 Å². The predicted octanol–water partition coefficient (Wildman–Crippen LogP) is 3.26. The molecule has 0 aliphatic carbocycles. The number of fused-ring (bicyclic) bond motifs is 1. The molecule has 0 saturated carbocycles. The van der Waals surface area contributed by atoms with Crippen LogP contribution in [0, 0.1) is 11.6 Å². The molecule has 3 rings (SSSR count). The average molecular weight is 392 g/mol. The second kappa shape index (κ2) is 5.40. The van der Waals surface area contributed by atoms with Crippen molar-refractivity contribution in [1.29, 1.82) is 0 Å². The van der Waals surface area contributed by atoms with Crippen molar-refractivity contribution < 1.29 is 26.7 Å². The summed E-state index contributed by atoms with van der Waals surface area (Å²) in [4.78, 5) is -0.674. The summed E-state index contributed by atoms with van der Waals surface area (Å²) in [6, 6.07) is 5.75. The van der Waals surface area contributed by atoms with E-state index in [4.69, 9.17) is 9.47 Å². The van der Waals surface area contributed by atoms with E-state index in [9.17, 15) is 17.2 Å². The summed E-state index contributed by atoms with van der Waals surface area (Å²) in [5.74, 6) is -1.22. The predicted molar refractivity (Wildman–Crippen MR) is 77.4 cm³/mol. The smallest absolute Gasteiger partial charge is 0.265 e. The van der Waals surface area contributed by atoms with Crippen LogP contribution < -0.4 is 14.2 Å². The van der Waals surface area contributed by atoms with Crippen molar-refractivity contribution in [1.82, 2.24) is 0 Å². The second-order valence-electron chi connectivity index (χ2n) is 4.37. The average Bonchev–Trinajstić information content (AvgIpc) is 2.83. The first kappa shape index (κ1) is 15.0. The number of rotatable bonds is 3. The molecule has 5 nitrogen and oxygen atoms in total. The molecule has 0 unspecified atom stereocenters. The summed E-state index contributed by atoms with van der Waals surface area (Å²) in [5.41, 5.74) is 0.167. The van der Waals surface area contributed by atoms with Crippen LogP contribution in [0.4, 0.5) is 14.5 Å². The van der Waals surface area contributed by atoms with Gasteiger partial charge in [-0.25, -0.2) is 17.2 Å². The van der Waals surface area contributed by atoms with Gasteiger partial charge in [0.25, 0.3) is 10.0 Å². The van der Waals surface area contributed by atoms with Crippen LogP contribution in [0.5, 0.6) is 11.5 Å². The monoisotopic (exact) mass is 391 g/mol. The number of sulfonamides is 1. The molecule has 0 fully saturated rings. The maximum atomic E-state index is 13.8. The normalized spacial score (nSPS) is 13.2. The Labute approximate surface area is 133 Å². The Morgan fingerprint density at radius 2 is 1.82 bits per heavy atom. The first-order valence-corrected chi connectivity index (χ1v) is 8.21. The number of ether oxygens (including phenoxy) is 2. The molecule has 0 atom stereocenters. The van der Waals surface area contributed by atoms with Crippen LogP contribution in [0.2, 0.25) is 0 Å². The number of halogens is 3. The molecular weight excluding hydrogens is 384 g/mol. The van der Waals surface area contributed by atoms with E-state index in [0.717, 1.165) is 6.07 Å². The van der Waals surface area contributed by atoms with Gasteiger partial charge in [-0.15, -0.1) is 0 Å². The van der Waals surface area contributed by atoms with E-state index in [1.807, 2.05) is 0 Å². The highest BCUT2D eigenvalue weighted by atomic mass is 79.9. The molecule has 0 amide bonds. The van der Waals surface area contributed by atoms with Crippen molar-refractivity contribution in [2.75, 3.05) is 11.5 Å². The molecule has 116 valence electrons. The molecule has 1 aliphatic heterocycles. The number of anilines is 1. The van der Waals surface area contributed by atoms with Gasteiger partial charge in [0.1, 0.15) is 16.5 Å². The summed E-state index contributed by atoms with van der Waals surface area (Å²) in [6.07, 6.45) is 0. The van der Waals surface area contributed by atoms with E-state index in [0.29, 0.717) is 17.6 Å². The van der Waals surface area contributed by atoms with Gasteiger partial charge in [-0.1, -0.05) is 0 Å². The van der Waals surface area contributed by atoms with E-state index in [-0.39, 0.29) is 17.0 Å². The van der Waals surface area contributed by atoms with Crippen molar-refractivity contribution in [3.63, 3.8) is 0 Å². The van der Waals surface area contributed by atoms with Crippen LogP contribution in [-0.4, -0.2) is 15.2 Å². The van der Waals surface area contributed by atoms with Gasteiger partial charge in [-0.05, 0) is 34.1 Å². The van der Waals surface area contributed by atoms with Gasteiger partial charge < -0.3 is 9.47 Å². The molecule has 2 aromatic carbocycles. The van der Waals surface area contributed by atoms with Crippen LogP contribution in [0.3, 0.4) is 0 Å². The lowest BCUT2D eigenvalue weighted by molar-refractivity contribution is 0.174. The topological polar surface area (TPSA) is 64.6 Å². The van der Waals surface area contributed by atoms with E-state index < -0.39 is 26.6 Å². The van der Waals surface area contributed by atoms with Crippen LogP contribution >= 0.6 is 15.9 Å². The molecule has 1 N–H and O–H groups in total. The molecule has 1 aliphatic rings. The molecule has 0 bridgehead atoms. The summed E-state index contributed by atoms with van der Waals surface area (Å²) in [7, 11) is -4.24. The number of nitrogens with one attached hydrogen (secondary N) is 1. The maximum Gasteiger partial charge on any atom is 0.265 e. The van der Waals surface area contributed by atoms with Gasteiger partial charge in [0.15, 0.2) is 11.5 Å². The first-order chi connectivity index (χ1) is 10.4. The van der Waals surface area contributed by atoms with E-state index in [1.165, 1.54) is 18.2 Å². The first-order valence-electron chi connectivity index (χ1n) is 5.94. The van der Waals surface area contributed by atoms with E-state index in [1.54, 1.807) is 0 Å². The lowest BCUT2D eigenvalue weighted by Gasteiger charge is -2.11. The molecule has 0 radical (unpaired) electrons. The summed E-state index contributed by atoms with van der Waals surface area (Å²) >= 11 is 2.85. The molecule has 0 spiro atoms. The fraction of sp³-hybridized carbons (Fsp3) is 0.0769. The Morgan fingerprint density at radius 1 is 1.09 bits per heavy atom. The highest BCUT2D eigenvalue weighted by Gasteiger charge is 2.24. The summed E-state index contributed by atoms with van der Waals surface area (Å²) in [6.45, 7) is 0.0453. The van der Waals surface area contributed by atoms with Crippen LogP contribution in [0.1, 0.15) is 0 Å². The zero-order valence-electron chi connectivity index (χ0n) is 10.8. The standard InChI is InChI=1S/C13H8BrF2NO4S/c14-9-3-7(15)4-10(16)13(9)22(18,19)17-8-1-2-11-12(5-8)21-6-20-11/h1-5,17H,6H2. The van der Waals surface area contributed by atoms with Crippen molar-refractivity contribution >= 4 is 31.6 Å². The minimum Gasteiger partial charge on any atom is -0.454 e. The maximum absolute atomic E-state index is 13.8. The fourth-order valence-electron chi connectivity index (χ4n) is 1.95. The minimum atomic E-state index is -4.24. The fourth-order valence-corrected chi connectivity index (χ4v) is 4.17. The van der Waals surface area contributed by atoms with Crippen LogP contribution in [-0.2, 0) is 10.0 Å². The Kier molecular flexibility index (Phi) is 3.69. The lowest BCUT2D eigenvalue weighted by Crippen LogP contribution is -2.15. The number of hydrogen-bond donors (Lipinski definition) is 1. The third-order valence-electron chi connectivity index (χ3n) is 2.86. The van der Waals surface area contributed by atoms with E-state index in [2.05, 4.69) is 20.7 Å². The Balaban J connectivity index is 1.98. The van der Waals surface area contributed by atoms with Gasteiger partial charge in [0.05, 0.1) is 5.69 Å². The molecule has 0 saturated heterocycles. The molecule has 9 heteroatoms. The molecule has 0 aromatic heterocycles. The Hall–Kier alpha value is -1.87. The Bertz CT molecular complexity index is 834. The summed E-state index contributed by atoms with van der Waals surface area (Å²) < 4.78 is 63.7. The number of hydrogen-bond acceptors (Lipinski definition) is 4. The van der Waals surface area contributed by atoms with Crippen molar-refractivity contribution in [3.05, 3.63) is 46.4 Å². The zero-order chi connectivity index (χ0) is 15.9. The van der Waals surface area contributed by atoms with Gasteiger partial charge in [0.2, 0.25) is 6.79 Å². The van der Waals surface area contributed by atoms with Crippen molar-refractivity contribution in [2.45, 2.75) is 4.90 Å². The SMILES string of the molecule is O=S(=O)(Nc1ccc2c(c1)OCO2)c1c(F)cc(F)cc1Br. The summed E-state index contributed by atoms with van der Waals surface area (Å²) in [5, 5.41) is 0. The molecular formula is C13H8BrF2NO4S. The third-order valence-corrected chi connectivity index (χ3v) is 5.20. The van der Waals surface area contributed by atoms with Crippen molar-refractivity contribution in [2.24, 2.45) is 0 Å². The Morgan fingerprint density at radius 3 is 2.55 bits per heavy atom. The quantitative estimate of drug-likeness (QED) is 0.871. The largest absolute Gasteiger partial charge is 0.454 e. The molecule has 1 heterocycles. The highest BCUT2D eigenvalue weighted by Crippen LogP contribution is 2.35. The van der Waals surface area contributed by atoms with Gasteiger partial charge in [-0.2, -0.15) is 0 Å². The van der Waals surface area contributed by atoms with Crippen molar-refractivity contribution in [3.8, 4) is 11.5 Å². The van der Waals surface area contributed by atoms with Crippen LogP contribution in [0.25, 0.3) is 0 Å². The number of benzene rings is 2. The minimum absolute atomic E-state index is 0.0453. The molecule has 2 aromatic rings.